The number of allylic oxidation sites excluding steroid dienone is 2. The maximum atomic E-state index is 5.64. The molecule has 0 nitrogen and oxygen atoms in total. The Morgan fingerprint density at radius 2 is 1.06 bits per heavy atom. The van der Waals surface area contributed by atoms with Crippen molar-refractivity contribution in [2.24, 2.45) is 0 Å². The Kier molecular flexibility index (Phi) is 17.1. The van der Waals surface area contributed by atoms with Crippen LogP contribution in [0.15, 0.2) is 12.2 Å². The molecular formula is C17H33Cl. The van der Waals surface area contributed by atoms with Crippen LogP contribution in [0.4, 0.5) is 0 Å². The predicted molar refractivity (Wildman–Crippen MR) is 85.6 cm³/mol. The van der Waals surface area contributed by atoms with Crippen molar-refractivity contribution < 1.29 is 0 Å². The normalized spacial score (nSPS) is 11.4. The van der Waals surface area contributed by atoms with E-state index in [4.69, 9.17) is 11.6 Å². The number of rotatable bonds is 14. The van der Waals surface area contributed by atoms with E-state index in [0.29, 0.717) is 0 Å². The van der Waals surface area contributed by atoms with E-state index < -0.39 is 0 Å². The van der Waals surface area contributed by atoms with Gasteiger partial charge in [0.2, 0.25) is 0 Å². The van der Waals surface area contributed by atoms with Gasteiger partial charge in [-0.15, -0.1) is 11.6 Å². The first kappa shape index (κ1) is 18.0. The molecule has 0 aromatic heterocycles. The molecule has 0 bridgehead atoms. The van der Waals surface area contributed by atoms with Crippen LogP contribution in [0.5, 0.6) is 0 Å². The van der Waals surface area contributed by atoms with E-state index in [2.05, 4.69) is 19.1 Å². The predicted octanol–water partition coefficient (Wildman–Crippen LogP) is 6.87. The third-order valence-electron chi connectivity index (χ3n) is 3.40. The molecule has 0 fully saturated rings. The van der Waals surface area contributed by atoms with Crippen molar-refractivity contribution in [2.45, 2.75) is 90.4 Å². The van der Waals surface area contributed by atoms with E-state index in [1.165, 1.54) is 83.5 Å². The second kappa shape index (κ2) is 17.0. The van der Waals surface area contributed by atoms with E-state index in [-0.39, 0.29) is 0 Å². The first-order valence-corrected chi connectivity index (χ1v) is 8.66. The zero-order chi connectivity index (χ0) is 13.3. The summed E-state index contributed by atoms with van der Waals surface area (Å²) < 4.78 is 0. The van der Waals surface area contributed by atoms with Gasteiger partial charge in [-0.1, -0.05) is 70.4 Å². The van der Waals surface area contributed by atoms with Gasteiger partial charge in [-0.25, -0.2) is 0 Å². The molecule has 0 amide bonds. The molecule has 0 heterocycles. The zero-order valence-electron chi connectivity index (χ0n) is 12.4. The summed E-state index contributed by atoms with van der Waals surface area (Å²) in [6.45, 7) is 2.28. The van der Waals surface area contributed by atoms with Gasteiger partial charge in [0.1, 0.15) is 0 Å². The lowest BCUT2D eigenvalue weighted by Crippen LogP contribution is -1.79. The van der Waals surface area contributed by atoms with Crippen LogP contribution < -0.4 is 0 Å². The lowest BCUT2D eigenvalue weighted by molar-refractivity contribution is 0.591. The Morgan fingerprint density at radius 1 is 0.611 bits per heavy atom. The summed E-state index contributed by atoms with van der Waals surface area (Å²) in [4.78, 5) is 0. The van der Waals surface area contributed by atoms with Gasteiger partial charge in [0.25, 0.3) is 0 Å². The standard InChI is InChI=1S/C17H33Cl/c1-2-3-4-5-6-7-8-9-10-11-12-13-14-15-16-17-18/h10-11H,2-9,12-17H2,1H3. The minimum atomic E-state index is 0.827. The molecule has 108 valence electrons. The minimum absolute atomic E-state index is 0.827. The van der Waals surface area contributed by atoms with Crippen LogP contribution >= 0.6 is 11.6 Å². The summed E-state index contributed by atoms with van der Waals surface area (Å²) in [7, 11) is 0. The summed E-state index contributed by atoms with van der Waals surface area (Å²) in [5.41, 5.74) is 0. The smallest absolute Gasteiger partial charge is 0.0223 e. The number of halogens is 1. The van der Waals surface area contributed by atoms with Crippen molar-refractivity contribution in [3.63, 3.8) is 0 Å². The molecule has 0 N–H and O–H groups in total. The number of alkyl halides is 1. The molecule has 0 saturated carbocycles. The molecule has 0 spiro atoms. The average molecular weight is 273 g/mol. The number of hydrogen-bond donors (Lipinski definition) is 0. The molecule has 0 saturated heterocycles. The lowest BCUT2D eigenvalue weighted by Gasteiger charge is -1.99. The van der Waals surface area contributed by atoms with Gasteiger partial charge in [0.05, 0.1) is 0 Å². The monoisotopic (exact) mass is 272 g/mol. The minimum Gasteiger partial charge on any atom is -0.127 e. The van der Waals surface area contributed by atoms with Crippen LogP contribution in [0.2, 0.25) is 0 Å². The SMILES string of the molecule is CCCCCCCCCC=CCCCCCCCl. The molecule has 0 aliphatic carbocycles. The summed E-state index contributed by atoms with van der Waals surface area (Å²) >= 11 is 5.64. The second-order valence-electron chi connectivity index (χ2n) is 5.27. The van der Waals surface area contributed by atoms with Gasteiger partial charge in [0, 0.05) is 5.88 Å². The van der Waals surface area contributed by atoms with Gasteiger partial charge >= 0.3 is 0 Å². The van der Waals surface area contributed by atoms with Gasteiger partial charge < -0.3 is 0 Å². The van der Waals surface area contributed by atoms with Crippen LogP contribution in [0.1, 0.15) is 90.4 Å². The van der Waals surface area contributed by atoms with Crippen molar-refractivity contribution in [1.82, 2.24) is 0 Å². The quantitative estimate of drug-likeness (QED) is 0.184. The van der Waals surface area contributed by atoms with Crippen LogP contribution in [-0.2, 0) is 0 Å². The molecule has 0 rings (SSSR count). The molecule has 0 unspecified atom stereocenters. The van der Waals surface area contributed by atoms with Crippen LogP contribution in [0, 0.1) is 0 Å². The van der Waals surface area contributed by atoms with Gasteiger partial charge in [-0.2, -0.15) is 0 Å². The first-order chi connectivity index (χ1) is 8.91. The third-order valence-corrected chi connectivity index (χ3v) is 3.66. The summed E-state index contributed by atoms with van der Waals surface area (Å²) in [5, 5.41) is 0. The fourth-order valence-electron chi connectivity index (χ4n) is 2.17. The van der Waals surface area contributed by atoms with E-state index in [1.807, 2.05) is 0 Å². The second-order valence-corrected chi connectivity index (χ2v) is 5.65. The maximum absolute atomic E-state index is 5.64. The Morgan fingerprint density at radius 3 is 1.56 bits per heavy atom. The van der Waals surface area contributed by atoms with Gasteiger partial charge in [-0.3, -0.25) is 0 Å². The van der Waals surface area contributed by atoms with Crippen LogP contribution in [-0.4, -0.2) is 5.88 Å². The van der Waals surface area contributed by atoms with E-state index >= 15 is 0 Å². The number of unbranched alkanes of at least 4 members (excludes halogenated alkanes) is 11. The third kappa shape index (κ3) is 16.0. The summed E-state index contributed by atoms with van der Waals surface area (Å²) in [6, 6.07) is 0. The van der Waals surface area contributed by atoms with E-state index in [9.17, 15) is 0 Å². The highest BCUT2D eigenvalue weighted by Crippen LogP contribution is 2.09. The Labute approximate surface area is 120 Å². The van der Waals surface area contributed by atoms with E-state index in [1.54, 1.807) is 0 Å². The first-order valence-electron chi connectivity index (χ1n) is 8.12. The molecule has 0 radical (unpaired) electrons. The molecule has 0 atom stereocenters. The Hall–Kier alpha value is 0.0300. The van der Waals surface area contributed by atoms with Gasteiger partial charge in [-0.05, 0) is 32.1 Å². The fourth-order valence-corrected chi connectivity index (χ4v) is 2.35. The molecule has 0 aromatic carbocycles. The van der Waals surface area contributed by atoms with Crippen molar-refractivity contribution in [2.75, 3.05) is 5.88 Å². The van der Waals surface area contributed by atoms with Crippen LogP contribution in [0.3, 0.4) is 0 Å². The van der Waals surface area contributed by atoms with Crippen molar-refractivity contribution >= 4 is 11.6 Å². The molecule has 0 aliphatic rings. The van der Waals surface area contributed by atoms with Gasteiger partial charge in [0.15, 0.2) is 0 Å². The Bertz CT molecular complexity index is 163. The van der Waals surface area contributed by atoms with Crippen molar-refractivity contribution in [3.8, 4) is 0 Å². The van der Waals surface area contributed by atoms with E-state index in [0.717, 1.165) is 5.88 Å². The largest absolute Gasteiger partial charge is 0.127 e. The summed E-state index contributed by atoms with van der Waals surface area (Å²) in [6.07, 6.45) is 22.4. The highest BCUT2D eigenvalue weighted by molar-refractivity contribution is 6.17. The van der Waals surface area contributed by atoms with Crippen molar-refractivity contribution in [1.29, 1.82) is 0 Å². The topological polar surface area (TPSA) is 0 Å². The average Bonchev–Trinajstić information content (AvgIpc) is 2.39. The molecular weight excluding hydrogens is 240 g/mol. The highest BCUT2D eigenvalue weighted by atomic mass is 35.5. The van der Waals surface area contributed by atoms with Crippen LogP contribution in [0.25, 0.3) is 0 Å². The lowest BCUT2D eigenvalue weighted by atomic mass is 10.1. The molecule has 0 aliphatic heterocycles. The fraction of sp³-hybridized carbons (Fsp3) is 0.882. The molecule has 0 aromatic rings. The number of hydrogen-bond acceptors (Lipinski definition) is 0. The highest BCUT2D eigenvalue weighted by Gasteiger charge is 1.90. The zero-order valence-corrected chi connectivity index (χ0v) is 13.2. The molecule has 18 heavy (non-hydrogen) atoms. The maximum Gasteiger partial charge on any atom is 0.0223 e. The Balaban J connectivity index is 3.00. The summed E-state index contributed by atoms with van der Waals surface area (Å²) in [5.74, 6) is 0.827. The molecule has 1 heteroatoms. The van der Waals surface area contributed by atoms with Crippen molar-refractivity contribution in [3.05, 3.63) is 12.2 Å².